The number of hydrogen-bond acceptors (Lipinski definition) is 2. The summed E-state index contributed by atoms with van der Waals surface area (Å²) in [7, 11) is 1.63. The zero-order valence-corrected chi connectivity index (χ0v) is 12.2. The van der Waals surface area contributed by atoms with Crippen LogP contribution < -0.4 is 4.74 Å². The average molecular weight is 301 g/mol. The molecular formula is C14H21BrO2. The Morgan fingerprint density at radius 3 is 2.71 bits per heavy atom. The summed E-state index contributed by atoms with van der Waals surface area (Å²) in [5.41, 5.74) is 0.873. The maximum absolute atomic E-state index is 10.2. The maximum Gasteiger partial charge on any atom is 0.138 e. The van der Waals surface area contributed by atoms with Crippen molar-refractivity contribution in [3.63, 3.8) is 0 Å². The van der Waals surface area contributed by atoms with E-state index < -0.39 is 6.10 Å². The van der Waals surface area contributed by atoms with Crippen LogP contribution in [0.15, 0.2) is 22.7 Å². The van der Waals surface area contributed by atoms with Gasteiger partial charge in [0, 0.05) is 5.56 Å². The van der Waals surface area contributed by atoms with Crippen LogP contribution in [0.3, 0.4) is 0 Å². The highest BCUT2D eigenvalue weighted by Crippen LogP contribution is 2.34. The molecular weight excluding hydrogens is 280 g/mol. The molecule has 0 saturated heterocycles. The molecule has 0 unspecified atom stereocenters. The first-order chi connectivity index (χ1) is 8.20. The molecule has 0 aliphatic rings. The number of benzene rings is 1. The molecule has 0 heterocycles. The van der Waals surface area contributed by atoms with Crippen LogP contribution in [0.2, 0.25) is 0 Å². The van der Waals surface area contributed by atoms with E-state index in [0.717, 1.165) is 28.6 Å². The van der Waals surface area contributed by atoms with Gasteiger partial charge in [0.2, 0.25) is 0 Å². The molecule has 1 rings (SSSR count). The van der Waals surface area contributed by atoms with E-state index in [-0.39, 0.29) is 0 Å². The summed E-state index contributed by atoms with van der Waals surface area (Å²) in [6.45, 7) is 2.19. The van der Waals surface area contributed by atoms with E-state index in [0.29, 0.717) is 0 Å². The lowest BCUT2D eigenvalue weighted by Crippen LogP contribution is -2.01. The number of para-hydroxylation sites is 1. The first kappa shape index (κ1) is 14.5. The zero-order chi connectivity index (χ0) is 12.7. The Morgan fingerprint density at radius 1 is 1.29 bits per heavy atom. The Hall–Kier alpha value is -0.540. The van der Waals surface area contributed by atoms with E-state index in [1.165, 1.54) is 19.3 Å². The second-order valence-corrected chi connectivity index (χ2v) is 5.08. The van der Waals surface area contributed by atoms with Crippen LogP contribution in [-0.2, 0) is 0 Å². The van der Waals surface area contributed by atoms with Crippen LogP contribution in [0.5, 0.6) is 5.75 Å². The minimum Gasteiger partial charge on any atom is -0.495 e. The SMILES string of the molecule is CCCCCC[C@H](O)c1cccc(Br)c1OC. The number of halogens is 1. The third-order valence-electron chi connectivity index (χ3n) is 2.89. The molecule has 0 amide bonds. The molecule has 0 aromatic heterocycles. The third-order valence-corrected chi connectivity index (χ3v) is 3.52. The summed E-state index contributed by atoms with van der Waals surface area (Å²) < 4.78 is 6.21. The van der Waals surface area contributed by atoms with E-state index in [4.69, 9.17) is 4.74 Å². The summed E-state index contributed by atoms with van der Waals surface area (Å²) in [5, 5.41) is 10.2. The second kappa shape index (κ2) is 7.72. The van der Waals surface area contributed by atoms with Crippen molar-refractivity contribution in [1.29, 1.82) is 0 Å². The summed E-state index contributed by atoms with van der Waals surface area (Å²) in [6.07, 6.45) is 5.07. The number of methoxy groups -OCH3 is 1. The van der Waals surface area contributed by atoms with Gasteiger partial charge in [0.05, 0.1) is 17.7 Å². The second-order valence-electron chi connectivity index (χ2n) is 4.23. The van der Waals surface area contributed by atoms with Gasteiger partial charge in [-0.05, 0) is 28.4 Å². The minimum atomic E-state index is -0.431. The molecule has 17 heavy (non-hydrogen) atoms. The van der Waals surface area contributed by atoms with Crippen molar-refractivity contribution >= 4 is 15.9 Å². The predicted molar refractivity (Wildman–Crippen MR) is 74.4 cm³/mol. The fraction of sp³-hybridized carbons (Fsp3) is 0.571. The van der Waals surface area contributed by atoms with E-state index in [1.54, 1.807) is 7.11 Å². The number of rotatable bonds is 7. The van der Waals surface area contributed by atoms with Crippen molar-refractivity contribution in [3.05, 3.63) is 28.2 Å². The van der Waals surface area contributed by atoms with Gasteiger partial charge < -0.3 is 9.84 Å². The predicted octanol–water partition coefficient (Wildman–Crippen LogP) is 4.46. The standard InChI is InChI=1S/C14H21BrO2/c1-3-4-5-6-10-13(16)11-8-7-9-12(15)14(11)17-2/h7-9,13,16H,3-6,10H2,1-2H3/t13-/m0/s1. The average Bonchev–Trinajstić information content (AvgIpc) is 2.34. The van der Waals surface area contributed by atoms with Crippen molar-refractivity contribution in [2.24, 2.45) is 0 Å². The van der Waals surface area contributed by atoms with Gasteiger partial charge in [0.15, 0.2) is 0 Å². The Kier molecular flexibility index (Phi) is 6.60. The quantitative estimate of drug-likeness (QED) is 0.753. The first-order valence-electron chi connectivity index (χ1n) is 6.21. The number of unbranched alkanes of at least 4 members (excludes halogenated alkanes) is 3. The van der Waals surface area contributed by atoms with Gasteiger partial charge in [-0.1, -0.05) is 44.7 Å². The molecule has 1 aromatic rings. The van der Waals surface area contributed by atoms with Gasteiger partial charge in [0.25, 0.3) is 0 Å². The lowest BCUT2D eigenvalue weighted by molar-refractivity contribution is 0.159. The van der Waals surface area contributed by atoms with Crippen LogP contribution >= 0.6 is 15.9 Å². The van der Waals surface area contributed by atoms with Crippen molar-refractivity contribution in [2.75, 3.05) is 7.11 Å². The van der Waals surface area contributed by atoms with Crippen LogP contribution in [0, 0.1) is 0 Å². The molecule has 1 aromatic carbocycles. The monoisotopic (exact) mass is 300 g/mol. The number of aliphatic hydroxyl groups is 1. The maximum atomic E-state index is 10.2. The number of hydrogen-bond donors (Lipinski definition) is 1. The number of aliphatic hydroxyl groups excluding tert-OH is 1. The van der Waals surface area contributed by atoms with E-state index in [2.05, 4.69) is 22.9 Å². The van der Waals surface area contributed by atoms with Crippen LogP contribution in [0.4, 0.5) is 0 Å². The fourth-order valence-electron chi connectivity index (χ4n) is 1.92. The van der Waals surface area contributed by atoms with Crippen LogP contribution in [0.25, 0.3) is 0 Å². The van der Waals surface area contributed by atoms with Gasteiger partial charge in [-0.25, -0.2) is 0 Å². The van der Waals surface area contributed by atoms with Crippen LogP contribution in [0.1, 0.15) is 50.7 Å². The van der Waals surface area contributed by atoms with Gasteiger partial charge in [-0.15, -0.1) is 0 Å². The van der Waals surface area contributed by atoms with Crippen molar-refractivity contribution in [1.82, 2.24) is 0 Å². The Bertz CT molecular complexity index is 339. The Morgan fingerprint density at radius 2 is 2.06 bits per heavy atom. The summed E-state index contributed by atoms with van der Waals surface area (Å²) >= 11 is 3.43. The molecule has 1 atom stereocenters. The van der Waals surface area contributed by atoms with Gasteiger partial charge >= 0.3 is 0 Å². The molecule has 3 heteroatoms. The molecule has 0 aliphatic carbocycles. The molecule has 0 fully saturated rings. The van der Waals surface area contributed by atoms with Gasteiger partial charge in [-0.2, -0.15) is 0 Å². The third kappa shape index (κ3) is 4.32. The fourth-order valence-corrected chi connectivity index (χ4v) is 2.47. The lowest BCUT2D eigenvalue weighted by Gasteiger charge is -2.15. The van der Waals surface area contributed by atoms with E-state index >= 15 is 0 Å². The normalized spacial score (nSPS) is 12.5. The largest absolute Gasteiger partial charge is 0.495 e. The van der Waals surface area contributed by atoms with Crippen molar-refractivity contribution in [2.45, 2.75) is 45.1 Å². The van der Waals surface area contributed by atoms with Gasteiger partial charge in [0.1, 0.15) is 5.75 Å². The first-order valence-corrected chi connectivity index (χ1v) is 7.00. The zero-order valence-electron chi connectivity index (χ0n) is 10.6. The Balaban J connectivity index is 2.61. The molecule has 2 nitrogen and oxygen atoms in total. The molecule has 0 radical (unpaired) electrons. The highest BCUT2D eigenvalue weighted by atomic mass is 79.9. The van der Waals surface area contributed by atoms with Crippen molar-refractivity contribution in [3.8, 4) is 5.75 Å². The highest BCUT2D eigenvalue weighted by molar-refractivity contribution is 9.10. The molecule has 96 valence electrons. The smallest absolute Gasteiger partial charge is 0.138 e. The van der Waals surface area contributed by atoms with Crippen LogP contribution in [-0.4, -0.2) is 12.2 Å². The van der Waals surface area contributed by atoms with Crippen molar-refractivity contribution < 1.29 is 9.84 Å². The molecule has 0 bridgehead atoms. The lowest BCUT2D eigenvalue weighted by atomic mass is 10.0. The summed E-state index contributed by atoms with van der Waals surface area (Å²) in [6, 6.07) is 5.78. The molecule has 1 N–H and O–H groups in total. The topological polar surface area (TPSA) is 29.5 Å². The van der Waals surface area contributed by atoms with E-state index in [1.807, 2.05) is 18.2 Å². The van der Waals surface area contributed by atoms with E-state index in [9.17, 15) is 5.11 Å². The summed E-state index contributed by atoms with van der Waals surface area (Å²) in [4.78, 5) is 0. The molecule has 0 spiro atoms. The highest BCUT2D eigenvalue weighted by Gasteiger charge is 2.14. The molecule has 0 aliphatic heterocycles. The summed E-state index contributed by atoms with van der Waals surface area (Å²) in [5.74, 6) is 0.746. The minimum absolute atomic E-state index is 0.431. The Labute approximate surface area is 112 Å². The molecule has 0 saturated carbocycles. The van der Waals surface area contributed by atoms with Gasteiger partial charge in [-0.3, -0.25) is 0 Å². The number of ether oxygens (including phenoxy) is 1.